The van der Waals surface area contributed by atoms with Crippen LogP contribution in [0.25, 0.3) is 16.8 Å². The second-order valence-corrected chi connectivity index (χ2v) is 8.32. The van der Waals surface area contributed by atoms with Crippen molar-refractivity contribution in [3.8, 4) is 5.75 Å². The van der Waals surface area contributed by atoms with Crippen LogP contribution in [-0.2, 0) is 11.4 Å². The summed E-state index contributed by atoms with van der Waals surface area (Å²) >= 11 is 12.1. The topological polar surface area (TPSA) is 50.4 Å². The number of amides is 1. The molecule has 1 fully saturated rings. The lowest BCUT2D eigenvalue weighted by molar-refractivity contribution is -0.115. The van der Waals surface area contributed by atoms with Crippen LogP contribution in [0.3, 0.4) is 0 Å². The molecule has 4 nitrogen and oxygen atoms in total. The molecule has 0 radical (unpaired) electrons. The highest BCUT2D eigenvalue weighted by Crippen LogP contribution is 2.36. The monoisotopic (exact) mass is 516 g/mol. The maximum Gasteiger partial charge on any atom is 0.273 e. The first-order valence-electron chi connectivity index (χ1n) is 8.44. The van der Waals surface area contributed by atoms with Gasteiger partial charge >= 0.3 is 0 Å². The first kappa shape index (κ1) is 19.1. The molecule has 4 rings (SSSR count). The number of hydrogen-bond acceptors (Lipinski definition) is 3. The molecule has 0 aliphatic carbocycles. The molecule has 1 heterocycles. The summed E-state index contributed by atoms with van der Waals surface area (Å²) in [4.78, 5) is 11.8. The van der Waals surface area contributed by atoms with Gasteiger partial charge in [-0.3, -0.25) is 10.1 Å². The molecule has 0 spiro atoms. The molecule has 1 amide bonds. The van der Waals surface area contributed by atoms with Crippen molar-refractivity contribution in [2.45, 2.75) is 6.61 Å². The lowest BCUT2D eigenvalue weighted by atomic mass is 10.1. The van der Waals surface area contributed by atoms with E-state index in [1.54, 1.807) is 6.08 Å². The second-order valence-electron chi connectivity index (χ2n) is 6.21. The molecule has 140 valence electrons. The lowest BCUT2D eigenvalue weighted by Gasteiger charge is -2.13. The Bertz CT molecular complexity index is 1120. The number of halogens is 2. The van der Waals surface area contributed by atoms with Crippen molar-refractivity contribution in [3.05, 3.63) is 80.4 Å². The van der Waals surface area contributed by atoms with E-state index in [0.29, 0.717) is 23.2 Å². The number of carbonyl (C=O) groups is 1. The van der Waals surface area contributed by atoms with E-state index in [1.807, 2.05) is 30.3 Å². The Morgan fingerprint density at radius 1 is 1.00 bits per heavy atom. The number of hydrogen-bond donors (Lipinski definition) is 2. The first-order chi connectivity index (χ1) is 13.5. The van der Waals surface area contributed by atoms with Crippen molar-refractivity contribution < 1.29 is 9.53 Å². The van der Waals surface area contributed by atoms with Crippen LogP contribution in [-0.4, -0.2) is 11.0 Å². The van der Waals surface area contributed by atoms with E-state index in [4.69, 9.17) is 17.0 Å². The zero-order valence-electron chi connectivity index (χ0n) is 14.5. The summed E-state index contributed by atoms with van der Waals surface area (Å²) in [6.45, 7) is 0.442. The van der Waals surface area contributed by atoms with Gasteiger partial charge in [-0.2, -0.15) is 0 Å². The number of ether oxygens (including phenoxy) is 1. The van der Waals surface area contributed by atoms with Crippen molar-refractivity contribution in [1.29, 1.82) is 0 Å². The van der Waals surface area contributed by atoms with E-state index in [1.165, 1.54) is 10.8 Å². The normalized spacial score (nSPS) is 15.0. The van der Waals surface area contributed by atoms with Gasteiger partial charge in [0.1, 0.15) is 18.1 Å². The third-order valence-electron chi connectivity index (χ3n) is 4.30. The maximum absolute atomic E-state index is 11.8. The van der Waals surface area contributed by atoms with E-state index in [0.717, 1.165) is 20.1 Å². The molecule has 0 atom stereocenters. The van der Waals surface area contributed by atoms with E-state index < -0.39 is 0 Å². The van der Waals surface area contributed by atoms with Crippen LogP contribution in [0.15, 0.2) is 69.2 Å². The van der Waals surface area contributed by atoms with Crippen molar-refractivity contribution in [3.63, 3.8) is 0 Å². The van der Waals surface area contributed by atoms with Crippen LogP contribution in [0.1, 0.15) is 11.1 Å². The average molecular weight is 518 g/mol. The maximum atomic E-state index is 11.8. The van der Waals surface area contributed by atoms with E-state index >= 15 is 0 Å². The van der Waals surface area contributed by atoms with E-state index in [9.17, 15) is 4.79 Å². The molecule has 0 bridgehead atoms. The summed E-state index contributed by atoms with van der Waals surface area (Å²) in [5, 5.41) is 8.05. The zero-order chi connectivity index (χ0) is 19.7. The zero-order valence-corrected chi connectivity index (χ0v) is 18.4. The molecule has 7 heteroatoms. The summed E-state index contributed by atoms with van der Waals surface area (Å²) in [5.74, 6) is 0.461. The second kappa shape index (κ2) is 8.03. The number of rotatable bonds is 4. The van der Waals surface area contributed by atoms with Crippen LogP contribution >= 0.6 is 44.1 Å². The SMILES string of the molecule is O=C1NC(=S)N/C1=C/c1cc(Br)c(OCc2cccc3ccccc23)c(Br)c1. The van der Waals surface area contributed by atoms with Gasteiger partial charge in [0.25, 0.3) is 5.91 Å². The van der Waals surface area contributed by atoms with Crippen LogP contribution in [0, 0.1) is 0 Å². The van der Waals surface area contributed by atoms with Crippen LogP contribution < -0.4 is 15.4 Å². The molecule has 3 aromatic carbocycles. The van der Waals surface area contributed by atoms with Gasteiger partial charge in [0.15, 0.2) is 5.11 Å². The highest BCUT2D eigenvalue weighted by molar-refractivity contribution is 9.11. The Morgan fingerprint density at radius 3 is 2.43 bits per heavy atom. The summed E-state index contributed by atoms with van der Waals surface area (Å²) in [6, 6.07) is 18.2. The van der Waals surface area contributed by atoms with Gasteiger partial charge in [-0.05, 0) is 84.2 Å². The fraction of sp³-hybridized carbons (Fsp3) is 0.0476. The Kier molecular flexibility index (Phi) is 5.48. The van der Waals surface area contributed by atoms with Crippen molar-refractivity contribution in [2.75, 3.05) is 0 Å². The molecular formula is C21H14Br2N2O2S. The predicted molar refractivity (Wildman–Crippen MR) is 122 cm³/mol. The molecule has 3 aromatic rings. The highest BCUT2D eigenvalue weighted by Gasteiger charge is 2.20. The van der Waals surface area contributed by atoms with Gasteiger partial charge in [-0.15, -0.1) is 0 Å². The van der Waals surface area contributed by atoms with Crippen molar-refractivity contribution in [1.82, 2.24) is 10.6 Å². The molecule has 0 aromatic heterocycles. The smallest absolute Gasteiger partial charge is 0.273 e. The van der Waals surface area contributed by atoms with Gasteiger partial charge in [0.2, 0.25) is 0 Å². The third kappa shape index (κ3) is 3.97. The van der Waals surface area contributed by atoms with Gasteiger partial charge in [-0.25, -0.2) is 0 Å². The molecule has 0 saturated carbocycles. The van der Waals surface area contributed by atoms with E-state index in [2.05, 4.69) is 66.8 Å². The number of nitrogens with one attached hydrogen (secondary N) is 2. The molecule has 0 unspecified atom stereocenters. The molecule has 1 saturated heterocycles. The Balaban J connectivity index is 1.58. The minimum absolute atomic E-state index is 0.242. The molecule has 1 aliphatic rings. The first-order valence-corrected chi connectivity index (χ1v) is 10.4. The van der Waals surface area contributed by atoms with Gasteiger partial charge in [-0.1, -0.05) is 42.5 Å². The molecule has 28 heavy (non-hydrogen) atoms. The minimum Gasteiger partial charge on any atom is -0.487 e. The van der Waals surface area contributed by atoms with Gasteiger partial charge in [0.05, 0.1) is 8.95 Å². The fourth-order valence-corrected chi connectivity index (χ4v) is 4.67. The van der Waals surface area contributed by atoms with Crippen LogP contribution in [0.5, 0.6) is 5.75 Å². The van der Waals surface area contributed by atoms with Gasteiger partial charge in [0, 0.05) is 0 Å². The quantitative estimate of drug-likeness (QED) is 0.364. The lowest BCUT2D eigenvalue weighted by Crippen LogP contribution is -2.21. The van der Waals surface area contributed by atoms with Crippen molar-refractivity contribution in [2.24, 2.45) is 0 Å². The largest absolute Gasteiger partial charge is 0.487 e. The van der Waals surface area contributed by atoms with Crippen LogP contribution in [0.2, 0.25) is 0 Å². The third-order valence-corrected chi connectivity index (χ3v) is 5.69. The number of benzene rings is 3. The molecule has 2 N–H and O–H groups in total. The van der Waals surface area contributed by atoms with E-state index in [-0.39, 0.29) is 5.91 Å². The Morgan fingerprint density at radius 2 is 1.71 bits per heavy atom. The highest BCUT2D eigenvalue weighted by atomic mass is 79.9. The van der Waals surface area contributed by atoms with Crippen molar-refractivity contribution >= 4 is 71.9 Å². The standard InChI is InChI=1S/C21H14Br2N2O2S/c22-16-8-12(10-18-20(26)25-21(28)24-18)9-17(23)19(16)27-11-14-6-3-5-13-4-1-2-7-15(13)14/h1-10H,11H2,(H2,24,25,26,28)/b18-10+. The predicted octanol–water partition coefficient (Wildman–Crippen LogP) is 5.29. The molecule has 1 aliphatic heterocycles. The summed E-state index contributed by atoms with van der Waals surface area (Å²) in [6.07, 6.45) is 1.73. The Hall–Kier alpha value is -2.22. The number of carbonyl (C=O) groups excluding carboxylic acids is 1. The van der Waals surface area contributed by atoms with Gasteiger partial charge < -0.3 is 10.1 Å². The minimum atomic E-state index is -0.242. The summed E-state index contributed by atoms with van der Waals surface area (Å²) in [5.41, 5.74) is 2.36. The number of fused-ring (bicyclic) bond motifs is 1. The summed E-state index contributed by atoms with van der Waals surface area (Å²) < 4.78 is 7.67. The van der Waals surface area contributed by atoms with Crippen LogP contribution in [0.4, 0.5) is 0 Å². The average Bonchev–Trinajstić information content (AvgIpc) is 2.98. The Labute approximate surface area is 184 Å². The molecular weight excluding hydrogens is 504 g/mol. The summed E-state index contributed by atoms with van der Waals surface area (Å²) in [7, 11) is 0. The fourth-order valence-electron chi connectivity index (χ4n) is 3.02. The number of thiocarbonyl (C=S) groups is 1.